The predicted octanol–water partition coefficient (Wildman–Crippen LogP) is 2.54. The van der Waals surface area contributed by atoms with E-state index in [1.807, 2.05) is 0 Å². The van der Waals surface area contributed by atoms with Crippen LogP contribution in [0.25, 0.3) is 4.85 Å². The molecule has 2 aromatic rings. The number of benzene rings is 2. The van der Waals surface area contributed by atoms with Crippen LogP contribution in [-0.2, 0) is 28.7 Å². The molecule has 0 bridgehead atoms. The van der Waals surface area contributed by atoms with Crippen LogP contribution in [0.2, 0.25) is 0 Å². The van der Waals surface area contributed by atoms with Crippen LogP contribution in [-0.4, -0.2) is 91.4 Å². The zero-order valence-electron chi connectivity index (χ0n) is 23.8. The quantitative estimate of drug-likeness (QED) is 0.378. The van der Waals surface area contributed by atoms with Crippen LogP contribution in [0.15, 0.2) is 42.5 Å². The van der Waals surface area contributed by atoms with Gasteiger partial charge in [0.25, 0.3) is 17.7 Å². The third kappa shape index (κ3) is 6.92. The van der Waals surface area contributed by atoms with Gasteiger partial charge < -0.3 is 29.5 Å². The van der Waals surface area contributed by atoms with Crippen molar-refractivity contribution in [3.05, 3.63) is 65.0 Å². The third-order valence-corrected chi connectivity index (χ3v) is 7.12. The molecule has 0 saturated carbocycles. The lowest BCUT2D eigenvalue weighted by atomic mass is 10.1. The van der Waals surface area contributed by atoms with E-state index >= 15 is 0 Å². The lowest BCUT2D eigenvalue weighted by Crippen LogP contribution is -2.56. The molecule has 4 rings (SSSR count). The van der Waals surface area contributed by atoms with Crippen molar-refractivity contribution in [3.8, 4) is 0 Å². The molecule has 2 aliphatic rings. The number of morpholine rings is 1. The van der Waals surface area contributed by atoms with Gasteiger partial charge in [0, 0.05) is 50.5 Å². The van der Waals surface area contributed by atoms with Crippen LogP contribution in [0.3, 0.4) is 0 Å². The summed E-state index contributed by atoms with van der Waals surface area (Å²) < 4.78 is 10.9. The fourth-order valence-corrected chi connectivity index (χ4v) is 4.95. The van der Waals surface area contributed by atoms with Crippen LogP contribution in [0, 0.1) is 13.5 Å². The molecule has 0 aromatic heterocycles. The standard InChI is InChI=1S/C30H33N5O7/c1-19-16-22(10-11-24(19)31-3)32-28(38)26(42-20(2)36)27-30(40)35(14-15-41-27)23-9-7-8-21(17-23)29(39)33(4)18-25(37)34-12-5-6-13-34/h7-11,16-17,26-27H,5-6,12-15,18H2,1-2,4H3,(H,32,38)/t26-,27-/m1/s1. The van der Waals surface area contributed by atoms with Gasteiger partial charge in [0.15, 0.2) is 11.8 Å². The highest BCUT2D eigenvalue weighted by Gasteiger charge is 2.42. The normalized spacial score (nSPS) is 17.3. The first-order chi connectivity index (χ1) is 20.1. The van der Waals surface area contributed by atoms with Crippen molar-refractivity contribution >= 4 is 46.7 Å². The summed E-state index contributed by atoms with van der Waals surface area (Å²) >= 11 is 0. The van der Waals surface area contributed by atoms with Gasteiger partial charge in [-0.2, -0.15) is 0 Å². The first kappa shape index (κ1) is 30.2. The summed E-state index contributed by atoms with van der Waals surface area (Å²) in [5.74, 6) is -2.66. The molecule has 0 aliphatic carbocycles. The predicted molar refractivity (Wildman–Crippen MR) is 153 cm³/mol. The van der Waals surface area contributed by atoms with Crippen molar-refractivity contribution < 1.29 is 33.4 Å². The van der Waals surface area contributed by atoms with E-state index in [9.17, 15) is 24.0 Å². The minimum atomic E-state index is -1.59. The Hall–Kier alpha value is -4.76. The van der Waals surface area contributed by atoms with E-state index in [2.05, 4.69) is 10.2 Å². The first-order valence-corrected chi connectivity index (χ1v) is 13.6. The number of likely N-dealkylation sites (tertiary alicyclic amines) is 1. The average Bonchev–Trinajstić information content (AvgIpc) is 3.51. The van der Waals surface area contributed by atoms with Crippen molar-refractivity contribution in [2.45, 2.75) is 38.9 Å². The summed E-state index contributed by atoms with van der Waals surface area (Å²) in [7, 11) is 1.55. The number of nitrogens with zero attached hydrogens (tertiary/aromatic N) is 4. The molecule has 12 nitrogen and oxygen atoms in total. The van der Waals surface area contributed by atoms with Crippen LogP contribution < -0.4 is 10.2 Å². The Morgan fingerprint density at radius 3 is 2.55 bits per heavy atom. The summed E-state index contributed by atoms with van der Waals surface area (Å²) in [5.41, 5.74) is 2.11. The molecule has 0 unspecified atom stereocenters. The van der Waals surface area contributed by atoms with E-state index in [1.54, 1.807) is 55.3 Å². The van der Waals surface area contributed by atoms with Gasteiger partial charge in [-0.25, -0.2) is 4.85 Å². The molecule has 2 saturated heterocycles. The van der Waals surface area contributed by atoms with E-state index < -0.39 is 30.0 Å². The van der Waals surface area contributed by atoms with Crippen molar-refractivity contribution in [1.82, 2.24) is 9.80 Å². The fraction of sp³-hybridized carbons (Fsp3) is 0.400. The Morgan fingerprint density at radius 1 is 1.14 bits per heavy atom. The number of esters is 1. The van der Waals surface area contributed by atoms with E-state index in [0.29, 0.717) is 35.7 Å². The molecule has 0 spiro atoms. The van der Waals surface area contributed by atoms with E-state index in [-0.39, 0.29) is 37.1 Å². The van der Waals surface area contributed by atoms with Gasteiger partial charge in [-0.3, -0.25) is 24.0 Å². The van der Waals surface area contributed by atoms with Gasteiger partial charge in [0.05, 0.1) is 19.7 Å². The smallest absolute Gasteiger partial charge is 0.303 e. The molecule has 2 aliphatic heterocycles. The van der Waals surface area contributed by atoms with Gasteiger partial charge in [-0.05, 0) is 55.7 Å². The molecule has 2 fully saturated rings. The lowest BCUT2D eigenvalue weighted by Gasteiger charge is -2.35. The zero-order valence-corrected chi connectivity index (χ0v) is 23.8. The summed E-state index contributed by atoms with van der Waals surface area (Å²) in [6.07, 6.45) is -1.12. The second-order valence-corrected chi connectivity index (χ2v) is 10.2. The fourth-order valence-electron chi connectivity index (χ4n) is 4.95. The second-order valence-electron chi connectivity index (χ2n) is 10.2. The highest BCUT2D eigenvalue weighted by atomic mass is 16.6. The van der Waals surface area contributed by atoms with Gasteiger partial charge in [0.1, 0.15) is 0 Å². The maximum absolute atomic E-state index is 13.6. The van der Waals surface area contributed by atoms with Crippen LogP contribution in [0.5, 0.6) is 0 Å². The molecule has 2 heterocycles. The van der Waals surface area contributed by atoms with E-state index in [1.165, 1.54) is 15.9 Å². The Morgan fingerprint density at radius 2 is 1.88 bits per heavy atom. The van der Waals surface area contributed by atoms with Crippen molar-refractivity contribution in [3.63, 3.8) is 0 Å². The minimum Gasteiger partial charge on any atom is -0.449 e. The maximum Gasteiger partial charge on any atom is 0.303 e. The molecule has 0 radical (unpaired) electrons. The van der Waals surface area contributed by atoms with Gasteiger partial charge in [-0.15, -0.1) is 0 Å². The SMILES string of the molecule is [C-]#[N+]c1ccc(NC(=O)[C@H](OC(C)=O)[C@H]2OCCN(c3cccc(C(=O)N(C)CC(=O)N4CCCC4)c3)C2=O)cc1C. The second kappa shape index (κ2) is 13.3. The number of aryl methyl sites for hydroxylation is 1. The summed E-state index contributed by atoms with van der Waals surface area (Å²) in [4.78, 5) is 72.2. The van der Waals surface area contributed by atoms with Crippen molar-refractivity contribution in [1.29, 1.82) is 0 Å². The zero-order chi connectivity index (χ0) is 30.4. The number of anilines is 2. The monoisotopic (exact) mass is 575 g/mol. The minimum absolute atomic E-state index is 0.0443. The molecule has 1 N–H and O–H groups in total. The van der Waals surface area contributed by atoms with Gasteiger partial charge in [0.2, 0.25) is 12.0 Å². The highest BCUT2D eigenvalue weighted by Crippen LogP contribution is 2.25. The van der Waals surface area contributed by atoms with E-state index in [0.717, 1.165) is 19.8 Å². The molecule has 220 valence electrons. The van der Waals surface area contributed by atoms with Crippen molar-refractivity contribution in [2.24, 2.45) is 0 Å². The summed E-state index contributed by atoms with van der Waals surface area (Å²) in [5, 5.41) is 2.63. The topological polar surface area (TPSA) is 130 Å². The first-order valence-electron chi connectivity index (χ1n) is 13.6. The van der Waals surface area contributed by atoms with Gasteiger partial charge >= 0.3 is 5.97 Å². The number of likely N-dealkylation sites (N-methyl/N-ethyl adjacent to an activating group) is 1. The molecule has 2 aromatic carbocycles. The Balaban J connectivity index is 1.50. The van der Waals surface area contributed by atoms with Gasteiger partial charge in [-0.1, -0.05) is 12.1 Å². The number of rotatable bonds is 8. The largest absolute Gasteiger partial charge is 0.449 e. The molecule has 12 heteroatoms. The number of carbonyl (C=O) groups is 5. The summed E-state index contributed by atoms with van der Waals surface area (Å²) in [6, 6.07) is 11.1. The number of hydrogen-bond donors (Lipinski definition) is 1. The number of ether oxygens (including phenoxy) is 2. The van der Waals surface area contributed by atoms with Crippen LogP contribution >= 0.6 is 0 Å². The molecular formula is C30H33N5O7. The van der Waals surface area contributed by atoms with E-state index in [4.69, 9.17) is 16.0 Å². The Kier molecular flexibility index (Phi) is 9.54. The molecule has 4 amide bonds. The number of hydrogen-bond acceptors (Lipinski definition) is 7. The highest BCUT2D eigenvalue weighted by molar-refractivity contribution is 6.05. The summed E-state index contributed by atoms with van der Waals surface area (Å²) in [6.45, 7) is 11.6. The van der Waals surface area contributed by atoms with Crippen LogP contribution in [0.1, 0.15) is 35.7 Å². The van der Waals surface area contributed by atoms with Crippen molar-refractivity contribution in [2.75, 3.05) is 50.1 Å². The Labute approximate surface area is 244 Å². The molecule has 42 heavy (non-hydrogen) atoms. The number of carbonyl (C=O) groups excluding carboxylic acids is 5. The lowest BCUT2D eigenvalue weighted by molar-refractivity contribution is -0.167. The number of amides is 4. The Bertz CT molecular complexity index is 1430. The molecule has 2 atom stereocenters. The number of nitrogens with one attached hydrogen (secondary N) is 1. The maximum atomic E-state index is 13.6. The third-order valence-electron chi connectivity index (χ3n) is 7.12. The van der Waals surface area contributed by atoms with Crippen LogP contribution in [0.4, 0.5) is 17.1 Å². The average molecular weight is 576 g/mol. The molecular weight excluding hydrogens is 542 g/mol.